The van der Waals surface area contributed by atoms with E-state index in [-0.39, 0.29) is 6.61 Å². The highest BCUT2D eigenvalue weighted by atomic mass is 35.5. The number of ether oxygens (including phenoxy) is 1. The fourth-order valence-electron chi connectivity index (χ4n) is 2.75. The second kappa shape index (κ2) is 7.76. The SMILES string of the molecule is NC(=O)NC(=O)c1c(NC(=O)COc2ccc(Cl)cc2)sc2c1CCC2. The van der Waals surface area contributed by atoms with Gasteiger partial charge >= 0.3 is 6.03 Å². The van der Waals surface area contributed by atoms with Gasteiger partial charge in [0.05, 0.1) is 5.56 Å². The van der Waals surface area contributed by atoms with Gasteiger partial charge in [0.15, 0.2) is 6.61 Å². The van der Waals surface area contributed by atoms with Gasteiger partial charge < -0.3 is 15.8 Å². The van der Waals surface area contributed by atoms with Crippen molar-refractivity contribution in [2.75, 3.05) is 11.9 Å². The number of anilines is 1. The van der Waals surface area contributed by atoms with E-state index in [1.54, 1.807) is 24.3 Å². The Morgan fingerprint density at radius 1 is 1.19 bits per heavy atom. The van der Waals surface area contributed by atoms with Crippen molar-refractivity contribution in [3.63, 3.8) is 0 Å². The number of imide groups is 1. The molecule has 0 fully saturated rings. The number of amides is 4. The number of fused-ring (bicyclic) bond motifs is 1. The lowest BCUT2D eigenvalue weighted by Crippen LogP contribution is -2.35. The Kier molecular flexibility index (Phi) is 5.43. The number of primary amides is 1. The summed E-state index contributed by atoms with van der Waals surface area (Å²) in [6.07, 6.45) is 2.50. The Morgan fingerprint density at radius 2 is 1.92 bits per heavy atom. The number of urea groups is 1. The molecule has 0 saturated carbocycles. The number of aryl methyl sites for hydroxylation is 1. The Morgan fingerprint density at radius 3 is 2.62 bits per heavy atom. The molecule has 1 aliphatic rings. The highest BCUT2D eigenvalue weighted by molar-refractivity contribution is 7.17. The number of hydrogen-bond donors (Lipinski definition) is 3. The van der Waals surface area contributed by atoms with Crippen LogP contribution in [0.2, 0.25) is 5.02 Å². The average molecular weight is 394 g/mol. The normalized spacial score (nSPS) is 12.3. The molecule has 7 nitrogen and oxygen atoms in total. The number of hydrogen-bond acceptors (Lipinski definition) is 5. The summed E-state index contributed by atoms with van der Waals surface area (Å²) >= 11 is 7.13. The van der Waals surface area contributed by atoms with Gasteiger partial charge in [0.1, 0.15) is 10.8 Å². The van der Waals surface area contributed by atoms with Crippen molar-refractivity contribution >= 4 is 45.8 Å². The lowest BCUT2D eigenvalue weighted by atomic mass is 10.1. The first kappa shape index (κ1) is 18.2. The molecule has 1 aromatic heterocycles. The Balaban J connectivity index is 1.70. The molecule has 0 radical (unpaired) electrons. The van der Waals surface area contributed by atoms with Gasteiger partial charge in [-0.2, -0.15) is 0 Å². The summed E-state index contributed by atoms with van der Waals surface area (Å²) in [7, 11) is 0. The van der Waals surface area contributed by atoms with Crippen molar-refractivity contribution in [1.29, 1.82) is 0 Å². The molecule has 26 heavy (non-hydrogen) atoms. The molecule has 3 rings (SSSR count). The first-order chi connectivity index (χ1) is 12.4. The first-order valence-electron chi connectivity index (χ1n) is 7.87. The van der Waals surface area contributed by atoms with Crippen molar-refractivity contribution in [2.45, 2.75) is 19.3 Å². The van der Waals surface area contributed by atoms with Crippen LogP contribution < -0.4 is 21.1 Å². The number of thiophene rings is 1. The number of nitrogens with two attached hydrogens (primary N) is 1. The van der Waals surface area contributed by atoms with Crippen LogP contribution in [-0.2, 0) is 17.6 Å². The summed E-state index contributed by atoms with van der Waals surface area (Å²) in [6, 6.07) is 5.69. The quantitative estimate of drug-likeness (QED) is 0.725. The van der Waals surface area contributed by atoms with E-state index >= 15 is 0 Å². The lowest BCUT2D eigenvalue weighted by Gasteiger charge is -2.09. The minimum atomic E-state index is -0.934. The van der Waals surface area contributed by atoms with Crippen LogP contribution >= 0.6 is 22.9 Å². The van der Waals surface area contributed by atoms with Crippen LogP contribution in [-0.4, -0.2) is 24.5 Å². The molecule has 1 aromatic carbocycles. The van der Waals surface area contributed by atoms with E-state index < -0.39 is 17.8 Å². The third kappa shape index (κ3) is 4.14. The monoisotopic (exact) mass is 393 g/mol. The minimum Gasteiger partial charge on any atom is -0.484 e. The van der Waals surface area contributed by atoms with Crippen LogP contribution in [0.15, 0.2) is 24.3 Å². The highest BCUT2D eigenvalue weighted by Gasteiger charge is 2.28. The fraction of sp³-hybridized carbons (Fsp3) is 0.235. The van der Waals surface area contributed by atoms with Gasteiger partial charge in [-0.05, 0) is 49.1 Å². The van der Waals surface area contributed by atoms with E-state index in [4.69, 9.17) is 22.1 Å². The van der Waals surface area contributed by atoms with Crippen molar-refractivity contribution in [1.82, 2.24) is 5.32 Å². The van der Waals surface area contributed by atoms with Gasteiger partial charge in [-0.25, -0.2) is 4.79 Å². The molecule has 1 aliphatic carbocycles. The van der Waals surface area contributed by atoms with Gasteiger partial charge in [-0.15, -0.1) is 11.3 Å². The summed E-state index contributed by atoms with van der Waals surface area (Å²) in [5.74, 6) is -0.510. The molecule has 0 unspecified atom stereocenters. The number of rotatable bonds is 5. The van der Waals surface area contributed by atoms with Crippen LogP contribution in [0.5, 0.6) is 5.75 Å². The number of benzene rings is 1. The fourth-order valence-corrected chi connectivity index (χ4v) is 4.18. The number of carbonyl (C=O) groups excluding carboxylic acids is 3. The largest absolute Gasteiger partial charge is 0.484 e. The van der Waals surface area contributed by atoms with Crippen LogP contribution in [0, 0.1) is 0 Å². The summed E-state index contributed by atoms with van der Waals surface area (Å²) in [5.41, 5.74) is 6.20. The molecule has 9 heteroatoms. The maximum absolute atomic E-state index is 12.3. The molecule has 4 N–H and O–H groups in total. The highest BCUT2D eigenvalue weighted by Crippen LogP contribution is 2.39. The van der Waals surface area contributed by atoms with Gasteiger partial charge in [0, 0.05) is 9.90 Å². The second-order valence-electron chi connectivity index (χ2n) is 5.67. The van der Waals surface area contributed by atoms with E-state index in [9.17, 15) is 14.4 Å². The summed E-state index contributed by atoms with van der Waals surface area (Å²) in [5, 5.41) is 5.73. The zero-order chi connectivity index (χ0) is 18.7. The summed E-state index contributed by atoms with van der Waals surface area (Å²) in [6.45, 7) is -0.221. The summed E-state index contributed by atoms with van der Waals surface area (Å²) in [4.78, 5) is 36.5. The van der Waals surface area contributed by atoms with E-state index in [1.165, 1.54) is 11.3 Å². The zero-order valence-corrected chi connectivity index (χ0v) is 15.2. The Hall–Kier alpha value is -2.58. The number of halogens is 1. The van der Waals surface area contributed by atoms with Gasteiger partial charge in [0.2, 0.25) is 0 Å². The second-order valence-corrected chi connectivity index (χ2v) is 7.21. The molecule has 1 heterocycles. The van der Waals surface area contributed by atoms with Crippen molar-refractivity contribution in [3.05, 3.63) is 45.3 Å². The van der Waals surface area contributed by atoms with Crippen molar-refractivity contribution in [3.8, 4) is 5.75 Å². The van der Waals surface area contributed by atoms with Gasteiger partial charge in [0.25, 0.3) is 11.8 Å². The van der Waals surface area contributed by atoms with Crippen molar-refractivity contribution < 1.29 is 19.1 Å². The predicted molar refractivity (Wildman–Crippen MR) is 99.0 cm³/mol. The van der Waals surface area contributed by atoms with Gasteiger partial charge in [-0.1, -0.05) is 11.6 Å². The third-order valence-corrected chi connectivity index (χ3v) is 5.28. The maximum Gasteiger partial charge on any atom is 0.319 e. The number of nitrogens with one attached hydrogen (secondary N) is 2. The molecule has 4 amide bonds. The minimum absolute atomic E-state index is 0.221. The molecule has 136 valence electrons. The number of carbonyl (C=O) groups is 3. The molecule has 0 spiro atoms. The molecule has 0 saturated heterocycles. The standard InChI is InChI=1S/C17H16ClN3O4S/c18-9-4-6-10(7-5-9)25-8-13(22)20-16-14(15(23)21-17(19)24)11-2-1-3-12(11)26-16/h4-7H,1-3,8H2,(H,20,22)(H3,19,21,23,24). The van der Waals surface area contributed by atoms with Crippen LogP contribution in [0.25, 0.3) is 0 Å². The zero-order valence-electron chi connectivity index (χ0n) is 13.6. The first-order valence-corrected chi connectivity index (χ1v) is 9.07. The van der Waals surface area contributed by atoms with Crippen LogP contribution in [0.4, 0.5) is 9.80 Å². The summed E-state index contributed by atoms with van der Waals surface area (Å²) < 4.78 is 5.40. The lowest BCUT2D eigenvalue weighted by molar-refractivity contribution is -0.118. The molecular formula is C17H16ClN3O4S. The topological polar surface area (TPSA) is 111 Å². The Labute approximate surface area is 158 Å². The van der Waals surface area contributed by atoms with E-state index in [1.807, 2.05) is 0 Å². The maximum atomic E-state index is 12.3. The van der Waals surface area contributed by atoms with Crippen LogP contribution in [0.1, 0.15) is 27.2 Å². The van der Waals surface area contributed by atoms with Gasteiger partial charge in [-0.3, -0.25) is 14.9 Å². The van der Waals surface area contributed by atoms with E-state index in [2.05, 4.69) is 10.6 Å². The molecule has 0 bridgehead atoms. The predicted octanol–water partition coefficient (Wildman–Crippen LogP) is 2.72. The average Bonchev–Trinajstić information content (AvgIpc) is 3.14. The van der Waals surface area contributed by atoms with Crippen LogP contribution in [0.3, 0.4) is 0 Å². The molecule has 0 aliphatic heterocycles. The van der Waals surface area contributed by atoms with E-state index in [0.717, 1.165) is 29.7 Å². The molecular weight excluding hydrogens is 378 g/mol. The third-order valence-electron chi connectivity index (χ3n) is 3.82. The molecule has 0 atom stereocenters. The Bertz CT molecular complexity index is 864. The van der Waals surface area contributed by atoms with Crippen molar-refractivity contribution in [2.24, 2.45) is 5.73 Å². The molecule has 2 aromatic rings. The smallest absolute Gasteiger partial charge is 0.319 e. The van der Waals surface area contributed by atoms with E-state index in [0.29, 0.717) is 21.3 Å².